The average molecular weight is 261 g/mol. The lowest BCUT2D eigenvalue weighted by Crippen LogP contribution is -2.50. The van der Waals surface area contributed by atoms with Crippen molar-refractivity contribution in [3.8, 4) is 0 Å². The van der Waals surface area contributed by atoms with Crippen LogP contribution in [-0.2, 0) is 14.3 Å². The van der Waals surface area contributed by atoms with Crippen LogP contribution in [0.25, 0.3) is 0 Å². The van der Waals surface area contributed by atoms with Gasteiger partial charge in [0.1, 0.15) is 5.60 Å². The van der Waals surface area contributed by atoms with E-state index in [-0.39, 0.29) is 0 Å². The summed E-state index contributed by atoms with van der Waals surface area (Å²) in [5, 5.41) is 11.3. The Morgan fingerprint density at radius 2 is 1.89 bits per heavy atom. The van der Waals surface area contributed by atoms with Crippen molar-refractivity contribution in [2.24, 2.45) is 0 Å². The summed E-state index contributed by atoms with van der Waals surface area (Å²) in [4.78, 5) is 22.6. The number of rotatable bonds is 6. The second-order valence-electron chi connectivity index (χ2n) is 5.04. The summed E-state index contributed by atoms with van der Waals surface area (Å²) >= 11 is 0. The van der Waals surface area contributed by atoms with Gasteiger partial charge in [0.2, 0.25) is 0 Å². The normalized spacial score (nSPS) is 14.7. The smallest absolute Gasteiger partial charge is 0.408 e. The Balaban J connectivity index is 4.44. The monoisotopic (exact) mass is 261 g/mol. The quantitative estimate of drug-likeness (QED) is 0.761. The van der Waals surface area contributed by atoms with Crippen molar-refractivity contribution in [3.63, 3.8) is 0 Å². The minimum absolute atomic E-state index is 0.445. The predicted molar refractivity (Wildman–Crippen MR) is 66.5 cm³/mol. The van der Waals surface area contributed by atoms with Gasteiger partial charge < -0.3 is 19.9 Å². The Morgan fingerprint density at radius 3 is 2.28 bits per heavy atom. The fraction of sp³-hybridized carbons (Fsp3) is 0.833. The van der Waals surface area contributed by atoms with E-state index in [2.05, 4.69) is 5.32 Å². The van der Waals surface area contributed by atoms with Crippen LogP contribution in [0.4, 0.5) is 4.79 Å². The molecule has 0 rings (SSSR count). The topological polar surface area (TPSA) is 84.9 Å². The zero-order valence-corrected chi connectivity index (χ0v) is 11.6. The van der Waals surface area contributed by atoms with E-state index in [0.717, 1.165) is 6.42 Å². The van der Waals surface area contributed by atoms with Crippen molar-refractivity contribution in [2.75, 3.05) is 6.61 Å². The molecule has 1 amide bonds. The van der Waals surface area contributed by atoms with Crippen molar-refractivity contribution in [2.45, 2.75) is 58.8 Å². The van der Waals surface area contributed by atoms with E-state index < -0.39 is 29.8 Å². The zero-order valence-electron chi connectivity index (χ0n) is 11.6. The third-order valence-corrected chi connectivity index (χ3v) is 1.99. The van der Waals surface area contributed by atoms with Crippen LogP contribution in [0.2, 0.25) is 0 Å². The zero-order chi connectivity index (χ0) is 14.3. The van der Waals surface area contributed by atoms with Crippen LogP contribution in [0.15, 0.2) is 0 Å². The maximum atomic E-state index is 11.5. The number of hydrogen-bond acceptors (Lipinski definition) is 4. The number of carbonyl (C=O) groups excluding carboxylic acids is 1. The van der Waals surface area contributed by atoms with Crippen LogP contribution in [0.5, 0.6) is 0 Å². The van der Waals surface area contributed by atoms with Gasteiger partial charge in [0.05, 0.1) is 6.10 Å². The van der Waals surface area contributed by atoms with Gasteiger partial charge >= 0.3 is 12.1 Å². The fourth-order valence-corrected chi connectivity index (χ4v) is 1.21. The predicted octanol–water partition coefficient (Wildman–Crippen LogP) is 1.78. The average Bonchev–Trinajstić information content (AvgIpc) is 2.19. The molecule has 0 aliphatic carbocycles. The van der Waals surface area contributed by atoms with Gasteiger partial charge in [-0.15, -0.1) is 0 Å². The first-order chi connectivity index (χ1) is 8.17. The fourth-order valence-electron chi connectivity index (χ4n) is 1.21. The Hall–Kier alpha value is -1.30. The van der Waals surface area contributed by atoms with Crippen molar-refractivity contribution >= 4 is 12.1 Å². The van der Waals surface area contributed by atoms with Gasteiger partial charge in [-0.3, -0.25) is 0 Å². The minimum Gasteiger partial charge on any atom is -0.480 e. The highest BCUT2D eigenvalue weighted by molar-refractivity contribution is 5.80. The number of nitrogens with one attached hydrogen (secondary N) is 1. The summed E-state index contributed by atoms with van der Waals surface area (Å²) in [6, 6.07) is -1.12. The molecular weight excluding hydrogens is 238 g/mol. The second-order valence-corrected chi connectivity index (χ2v) is 5.04. The van der Waals surface area contributed by atoms with E-state index in [0.29, 0.717) is 6.61 Å². The summed E-state index contributed by atoms with van der Waals surface area (Å²) in [7, 11) is 0. The van der Waals surface area contributed by atoms with Gasteiger partial charge in [0.25, 0.3) is 0 Å². The molecule has 6 nitrogen and oxygen atoms in total. The molecule has 0 aliphatic rings. The van der Waals surface area contributed by atoms with E-state index in [1.165, 1.54) is 0 Å². The van der Waals surface area contributed by atoms with E-state index in [4.69, 9.17) is 14.6 Å². The first-order valence-electron chi connectivity index (χ1n) is 6.01. The lowest BCUT2D eigenvalue weighted by atomic mass is 10.2. The molecule has 0 saturated carbocycles. The summed E-state index contributed by atoms with van der Waals surface area (Å²) in [6.45, 7) is 9.09. The minimum atomic E-state index is -1.15. The van der Waals surface area contributed by atoms with Gasteiger partial charge in [-0.2, -0.15) is 0 Å². The number of amides is 1. The van der Waals surface area contributed by atoms with Crippen LogP contribution < -0.4 is 5.32 Å². The second kappa shape index (κ2) is 7.20. The summed E-state index contributed by atoms with van der Waals surface area (Å²) < 4.78 is 10.3. The standard InChI is InChI=1S/C12H23NO5/c1-6-7-17-8(2)9(10(14)15)13-11(16)18-12(3,4)5/h8-9H,6-7H2,1-5H3,(H,13,16)(H,14,15)/t8-,9+/m1/s1. The van der Waals surface area contributed by atoms with Crippen LogP contribution in [0, 0.1) is 0 Å². The molecule has 0 heterocycles. The van der Waals surface area contributed by atoms with E-state index in [1.807, 2.05) is 6.92 Å². The maximum absolute atomic E-state index is 11.5. The third-order valence-electron chi connectivity index (χ3n) is 1.99. The highest BCUT2D eigenvalue weighted by Gasteiger charge is 2.29. The molecule has 2 N–H and O–H groups in total. The number of aliphatic carboxylic acids is 1. The number of carbonyl (C=O) groups is 2. The van der Waals surface area contributed by atoms with Crippen LogP contribution in [-0.4, -0.2) is 41.5 Å². The molecule has 0 fully saturated rings. The highest BCUT2D eigenvalue weighted by atomic mass is 16.6. The SMILES string of the molecule is CCCO[C@H](C)[C@H](NC(=O)OC(C)(C)C)C(=O)O. The molecule has 0 spiro atoms. The van der Waals surface area contributed by atoms with E-state index in [9.17, 15) is 9.59 Å². The van der Waals surface area contributed by atoms with E-state index in [1.54, 1.807) is 27.7 Å². The number of hydrogen-bond donors (Lipinski definition) is 2. The van der Waals surface area contributed by atoms with E-state index >= 15 is 0 Å². The molecular formula is C12H23NO5. The lowest BCUT2D eigenvalue weighted by molar-refractivity contribution is -0.143. The molecule has 18 heavy (non-hydrogen) atoms. The van der Waals surface area contributed by atoms with Gasteiger partial charge in [-0.1, -0.05) is 6.92 Å². The largest absolute Gasteiger partial charge is 0.480 e. The third kappa shape index (κ3) is 7.11. The summed E-state index contributed by atoms with van der Waals surface area (Å²) in [5.74, 6) is -1.15. The molecule has 106 valence electrons. The van der Waals surface area contributed by atoms with Gasteiger partial charge in [-0.05, 0) is 34.1 Å². The molecule has 0 radical (unpaired) electrons. The number of ether oxygens (including phenoxy) is 2. The first-order valence-corrected chi connectivity index (χ1v) is 6.01. The number of carboxylic acid groups (broad SMARTS) is 1. The van der Waals surface area contributed by atoms with Crippen molar-refractivity contribution in [3.05, 3.63) is 0 Å². The molecule has 0 aliphatic heterocycles. The van der Waals surface area contributed by atoms with Gasteiger partial charge in [0, 0.05) is 6.61 Å². The number of carboxylic acids is 1. The Kier molecular flexibility index (Phi) is 6.68. The molecule has 0 aromatic heterocycles. The Labute approximate surface area is 108 Å². The molecule has 0 bridgehead atoms. The number of alkyl carbamates (subject to hydrolysis) is 1. The summed E-state index contributed by atoms with van der Waals surface area (Å²) in [6.07, 6.45) is -0.597. The van der Waals surface area contributed by atoms with Crippen LogP contribution in [0.3, 0.4) is 0 Å². The molecule has 6 heteroatoms. The van der Waals surface area contributed by atoms with Crippen molar-refractivity contribution in [1.82, 2.24) is 5.32 Å². The Morgan fingerprint density at radius 1 is 1.33 bits per heavy atom. The van der Waals surface area contributed by atoms with Crippen LogP contribution >= 0.6 is 0 Å². The summed E-state index contributed by atoms with van der Waals surface area (Å²) in [5.41, 5.74) is -0.666. The first kappa shape index (κ1) is 16.7. The van der Waals surface area contributed by atoms with Crippen molar-refractivity contribution in [1.29, 1.82) is 0 Å². The molecule has 0 aromatic carbocycles. The highest BCUT2D eigenvalue weighted by Crippen LogP contribution is 2.08. The van der Waals surface area contributed by atoms with Crippen LogP contribution in [0.1, 0.15) is 41.0 Å². The molecule has 0 saturated heterocycles. The Bertz CT molecular complexity index is 285. The van der Waals surface area contributed by atoms with Gasteiger partial charge in [-0.25, -0.2) is 9.59 Å². The van der Waals surface area contributed by atoms with Gasteiger partial charge in [0.15, 0.2) is 6.04 Å². The lowest BCUT2D eigenvalue weighted by Gasteiger charge is -2.24. The molecule has 0 aromatic rings. The molecule has 2 atom stereocenters. The van der Waals surface area contributed by atoms with Crippen molar-refractivity contribution < 1.29 is 24.2 Å². The molecule has 0 unspecified atom stereocenters. The maximum Gasteiger partial charge on any atom is 0.408 e.